The molecule has 0 saturated heterocycles. The molecule has 8 nitrogen and oxygen atoms in total. The Balaban J connectivity index is 4.28. The summed E-state index contributed by atoms with van der Waals surface area (Å²) in [7, 11) is 1.57. The van der Waals surface area contributed by atoms with Crippen LogP contribution < -0.4 is 5.32 Å². The Kier molecular flexibility index (Phi) is 41.6. The van der Waals surface area contributed by atoms with Crippen LogP contribution in [-0.4, -0.2) is 73.4 Å². The summed E-state index contributed by atoms with van der Waals surface area (Å²) < 4.78 is 23.6. The van der Waals surface area contributed by atoms with Gasteiger partial charge in [-0.2, -0.15) is 0 Å². The van der Waals surface area contributed by atoms with Crippen LogP contribution in [-0.2, 0) is 18.4 Å². The summed E-state index contributed by atoms with van der Waals surface area (Å²) in [5.74, 6) is -0.184. The number of amides is 1. The van der Waals surface area contributed by atoms with Crippen LogP contribution in [0.2, 0.25) is 0 Å². The topological polar surface area (TPSA) is 105 Å². The summed E-state index contributed by atoms with van der Waals surface area (Å²) in [4.78, 5) is 23.2. The van der Waals surface area contributed by atoms with Gasteiger partial charge < -0.3 is 19.8 Å². The number of nitrogens with one attached hydrogen (secondary N) is 1. The van der Waals surface area contributed by atoms with Crippen LogP contribution in [0.4, 0.5) is 0 Å². The zero-order valence-electron chi connectivity index (χ0n) is 39.8. The number of phosphoric acid groups is 1. The highest BCUT2D eigenvalue weighted by Crippen LogP contribution is 2.43. The number of nitrogens with zero attached hydrogens (tertiary/aromatic N) is 1. The number of likely N-dealkylation sites (N-methyl/N-ethyl adjacent to an activating group) is 1. The van der Waals surface area contributed by atoms with Crippen molar-refractivity contribution >= 4 is 13.7 Å². The Morgan fingerprint density at radius 1 is 0.559 bits per heavy atom. The second-order valence-electron chi connectivity index (χ2n) is 18.5. The van der Waals surface area contributed by atoms with E-state index >= 15 is 0 Å². The third-order valence-corrected chi connectivity index (χ3v) is 12.4. The Hall–Kier alpha value is -1.02. The molecule has 0 aliphatic carbocycles. The molecule has 0 bridgehead atoms. The fourth-order valence-corrected chi connectivity index (χ4v) is 8.13. The van der Waals surface area contributed by atoms with E-state index in [1.807, 2.05) is 27.2 Å². The maximum absolute atomic E-state index is 12.9. The highest BCUT2D eigenvalue weighted by molar-refractivity contribution is 7.47. The van der Waals surface area contributed by atoms with Crippen LogP contribution in [0.1, 0.15) is 239 Å². The molecule has 0 aliphatic rings. The fraction of sp³-hybridized carbons (Fsp3) is 0.900. The van der Waals surface area contributed by atoms with Crippen LogP contribution in [0.25, 0.3) is 0 Å². The molecule has 0 aromatic carbocycles. The SMILES string of the molecule is CCCCCCC/C=C\CCCCCCCC(=O)NC(COP(=O)(O)OCC[N+](C)(C)C)C(O)/C=C/CCCCCCCCCCCCCCCCCCCCCCC. The average molecular weight is 856 g/mol. The normalized spacial score (nSPS) is 14.4. The second-order valence-corrected chi connectivity index (χ2v) is 20.0. The fourth-order valence-electron chi connectivity index (χ4n) is 7.39. The second kappa shape index (κ2) is 42.3. The number of rotatable bonds is 46. The molecule has 0 fully saturated rings. The molecule has 9 heteroatoms. The first-order valence-electron chi connectivity index (χ1n) is 25.2. The molecule has 59 heavy (non-hydrogen) atoms. The smallest absolute Gasteiger partial charge is 0.387 e. The molecule has 0 saturated carbocycles. The zero-order valence-corrected chi connectivity index (χ0v) is 40.7. The standard InChI is InChI=1S/C50H99N2O6P/c1-6-8-10-12-14-16-18-20-22-23-24-25-26-27-28-29-30-31-33-35-37-39-41-43-49(53)48(47-58-59(55,56)57-46-45-52(3,4)5)51-50(54)44-42-40-38-36-34-32-21-19-17-15-13-11-9-7-2/h19,21,41,43,48-49,53H,6-18,20,22-40,42,44-47H2,1-5H3,(H-,51,54,55,56)/p+1/b21-19-,43-41+. The quantitative estimate of drug-likeness (QED) is 0.0244. The number of quaternary nitrogens is 1. The molecular weight excluding hydrogens is 756 g/mol. The number of phosphoric ester groups is 1. The number of aliphatic hydroxyl groups is 1. The van der Waals surface area contributed by atoms with Crippen molar-refractivity contribution in [3.63, 3.8) is 0 Å². The number of carbonyl (C=O) groups excluding carboxylic acids is 1. The number of unbranched alkanes of at least 4 members (excludes halogenated alkanes) is 31. The molecule has 0 aromatic rings. The number of allylic oxidation sites excluding steroid dienone is 3. The lowest BCUT2D eigenvalue weighted by molar-refractivity contribution is -0.870. The predicted octanol–water partition coefficient (Wildman–Crippen LogP) is 14.5. The van der Waals surface area contributed by atoms with Crippen molar-refractivity contribution in [2.24, 2.45) is 0 Å². The van der Waals surface area contributed by atoms with Gasteiger partial charge in [0, 0.05) is 6.42 Å². The minimum atomic E-state index is -4.34. The third-order valence-electron chi connectivity index (χ3n) is 11.4. The van der Waals surface area contributed by atoms with Gasteiger partial charge in [-0.15, -0.1) is 0 Å². The maximum Gasteiger partial charge on any atom is 0.472 e. The molecule has 0 rings (SSSR count). The number of aliphatic hydroxyl groups excluding tert-OH is 1. The molecule has 3 N–H and O–H groups in total. The summed E-state index contributed by atoms with van der Waals surface area (Å²) in [6.07, 6.45) is 51.1. The molecule has 0 radical (unpaired) electrons. The van der Waals surface area contributed by atoms with Gasteiger partial charge in [-0.05, 0) is 44.9 Å². The number of carbonyl (C=O) groups is 1. The average Bonchev–Trinajstić information content (AvgIpc) is 3.19. The van der Waals surface area contributed by atoms with Gasteiger partial charge in [0.05, 0.1) is 39.9 Å². The van der Waals surface area contributed by atoms with Crippen molar-refractivity contribution in [1.29, 1.82) is 0 Å². The monoisotopic (exact) mass is 856 g/mol. The Bertz CT molecular complexity index is 1020. The lowest BCUT2D eigenvalue weighted by Crippen LogP contribution is -2.45. The third kappa shape index (κ3) is 44.8. The summed E-state index contributed by atoms with van der Waals surface area (Å²) in [6.45, 7) is 4.82. The maximum atomic E-state index is 12.9. The van der Waals surface area contributed by atoms with Gasteiger partial charge in [0.2, 0.25) is 5.91 Å². The number of hydrogen-bond donors (Lipinski definition) is 3. The van der Waals surface area contributed by atoms with E-state index < -0.39 is 20.0 Å². The van der Waals surface area contributed by atoms with E-state index in [0.29, 0.717) is 17.4 Å². The lowest BCUT2D eigenvalue weighted by atomic mass is 10.0. The summed E-state index contributed by atoms with van der Waals surface area (Å²) >= 11 is 0. The van der Waals surface area contributed by atoms with Crippen molar-refractivity contribution in [2.45, 2.75) is 251 Å². The molecule has 3 unspecified atom stereocenters. The summed E-state index contributed by atoms with van der Waals surface area (Å²) in [5, 5.41) is 13.9. The highest BCUT2D eigenvalue weighted by Gasteiger charge is 2.27. The van der Waals surface area contributed by atoms with E-state index in [0.717, 1.165) is 51.4 Å². The van der Waals surface area contributed by atoms with Gasteiger partial charge in [0.15, 0.2) is 0 Å². The minimum absolute atomic E-state index is 0.0612. The van der Waals surface area contributed by atoms with E-state index in [9.17, 15) is 19.4 Å². The van der Waals surface area contributed by atoms with Gasteiger partial charge in [0.1, 0.15) is 13.2 Å². The van der Waals surface area contributed by atoms with Crippen LogP contribution >= 0.6 is 7.82 Å². The van der Waals surface area contributed by atoms with Crippen LogP contribution in [0, 0.1) is 0 Å². The Morgan fingerprint density at radius 3 is 1.31 bits per heavy atom. The molecule has 0 spiro atoms. The Morgan fingerprint density at radius 2 is 0.915 bits per heavy atom. The van der Waals surface area contributed by atoms with Crippen molar-refractivity contribution in [3.8, 4) is 0 Å². The van der Waals surface area contributed by atoms with Crippen LogP contribution in [0.3, 0.4) is 0 Å². The van der Waals surface area contributed by atoms with Gasteiger partial charge in [-0.25, -0.2) is 4.57 Å². The predicted molar refractivity (Wildman–Crippen MR) is 254 cm³/mol. The summed E-state index contributed by atoms with van der Waals surface area (Å²) in [5.41, 5.74) is 0. The van der Waals surface area contributed by atoms with E-state index in [2.05, 4.69) is 31.3 Å². The van der Waals surface area contributed by atoms with Gasteiger partial charge in [0.25, 0.3) is 0 Å². The van der Waals surface area contributed by atoms with Crippen molar-refractivity contribution < 1.29 is 32.9 Å². The largest absolute Gasteiger partial charge is 0.472 e. The molecule has 350 valence electrons. The minimum Gasteiger partial charge on any atom is -0.387 e. The Labute approximate surface area is 366 Å². The van der Waals surface area contributed by atoms with E-state index in [1.54, 1.807) is 6.08 Å². The van der Waals surface area contributed by atoms with Crippen molar-refractivity contribution in [2.75, 3.05) is 40.9 Å². The first-order valence-corrected chi connectivity index (χ1v) is 26.7. The molecule has 0 aliphatic heterocycles. The molecule has 0 heterocycles. The molecule has 1 amide bonds. The highest BCUT2D eigenvalue weighted by atomic mass is 31.2. The lowest BCUT2D eigenvalue weighted by Gasteiger charge is -2.25. The number of hydrogen-bond acceptors (Lipinski definition) is 5. The molecule has 0 aromatic heterocycles. The molecular formula is C50H100N2O6P+. The van der Waals surface area contributed by atoms with Crippen LogP contribution in [0.15, 0.2) is 24.3 Å². The van der Waals surface area contributed by atoms with Crippen molar-refractivity contribution in [3.05, 3.63) is 24.3 Å². The van der Waals surface area contributed by atoms with Gasteiger partial charge in [-0.1, -0.05) is 212 Å². The van der Waals surface area contributed by atoms with Gasteiger partial charge >= 0.3 is 7.82 Å². The summed E-state index contributed by atoms with van der Waals surface area (Å²) in [6, 6.07) is -0.848. The van der Waals surface area contributed by atoms with Gasteiger partial charge in [-0.3, -0.25) is 13.8 Å². The molecule has 3 atom stereocenters. The zero-order chi connectivity index (χ0) is 43.6. The van der Waals surface area contributed by atoms with E-state index in [4.69, 9.17) is 9.05 Å². The van der Waals surface area contributed by atoms with E-state index in [-0.39, 0.29) is 19.1 Å². The van der Waals surface area contributed by atoms with E-state index in [1.165, 1.54) is 167 Å². The first kappa shape index (κ1) is 58.0. The van der Waals surface area contributed by atoms with Crippen molar-refractivity contribution in [1.82, 2.24) is 5.32 Å². The van der Waals surface area contributed by atoms with Crippen LogP contribution in [0.5, 0.6) is 0 Å². The first-order chi connectivity index (χ1) is 28.5.